The Hall–Kier alpha value is -1.96. The topological polar surface area (TPSA) is 119 Å². The predicted octanol–water partition coefficient (Wildman–Crippen LogP) is -1.36. The van der Waals surface area contributed by atoms with E-state index < -0.39 is 43.2 Å². The van der Waals surface area contributed by atoms with Crippen LogP contribution in [0.5, 0.6) is 0 Å². The van der Waals surface area contributed by atoms with Crippen LogP contribution in [0.15, 0.2) is 30.3 Å². The van der Waals surface area contributed by atoms with Gasteiger partial charge in [0, 0.05) is 5.56 Å². The van der Waals surface area contributed by atoms with E-state index >= 15 is 0 Å². The summed E-state index contributed by atoms with van der Waals surface area (Å²) in [5.74, 6) is -1.03. The van der Waals surface area contributed by atoms with Gasteiger partial charge in [0.1, 0.15) is 11.6 Å². The van der Waals surface area contributed by atoms with E-state index in [1.54, 1.807) is 30.3 Å². The van der Waals surface area contributed by atoms with Crippen LogP contribution in [0.25, 0.3) is 0 Å². The highest BCUT2D eigenvalue weighted by Gasteiger charge is 2.31. The van der Waals surface area contributed by atoms with Crippen LogP contribution in [0.3, 0.4) is 0 Å². The van der Waals surface area contributed by atoms with Crippen molar-refractivity contribution in [2.45, 2.75) is 18.5 Å². The molecule has 1 atom stereocenters. The summed E-state index contributed by atoms with van der Waals surface area (Å²) < 4.78 is 0. The molecule has 0 unspecified atom stereocenters. The van der Waals surface area contributed by atoms with Gasteiger partial charge in [0.15, 0.2) is 0 Å². The zero-order valence-electron chi connectivity index (χ0n) is 11.7. The minimum absolute atomic E-state index is 0.412. The molecule has 2 amide bonds. The van der Waals surface area contributed by atoms with Crippen molar-refractivity contribution >= 4 is 11.8 Å². The standard InChI is InChI=1S/C14H20N2O5/c1-10(12(20)16-14(7-17,8-18)9-19)15-13(21)11-5-3-2-4-6-11/h2-6,10,17-19H,7-9H2,1H3,(H,15,21)(H,16,20)/t10-/m0/s1. The molecule has 0 saturated carbocycles. The van der Waals surface area contributed by atoms with Crippen LogP contribution in [-0.4, -0.2) is 58.5 Å². The molecule has 0 spiro atoms. The first-order chi connectivity index (χ1) is 9.98. The molecule has 0 radical (unpaired) electrons. The number of carbonyl (C=O) groups is 2. The molecular weight excluding hydrogens is 276 g/mol. The molecule has 1 rings (SSSR count). The number of aliphatic hydroxyl groups is 3. The molecule has 7 heteroatoms. The maximum atomic E-state index is 11.9. The second-order valence-electron chi connectivity index (χ2n) is 4.81. The van der Waals surface area contributed by atoms with Gasteiger partial charge in [-0.25, -0.2) is 0 Å². The van der Waals surface area contributed by atoms with Crippen molar-refractivity contribution in [2.24, 2.45) is 0 Å². The summed E-state index contributed by atoms with van der Waals surface area (Å²) in [6, 6.07) is 7.51. The van der Waals surface area contributed by atoms with Gasteiger partial charge >= 0.3 is 0 Å². The molecule has 0 bridgehead atoms. The monoisotopic (exact) mass is 296 g/mol. The Kier molecular flexibility index (Phi) is 6.29. The van der Waals surface area contributed by atoms with Crippen molar-refractivity contribution < 1.29 is 24.9 Å². The molecule has 0 aromatic heterocycles. The number of aliphatic hydroxyl groups excluding tert-OH is 3. The van der Waals surface area contributed by atoms with E-state index in [1.807, 2.05) is 0 Å². The number of rotatable bonds is 7. The third-order valence-corrected chi connectivity index (χ3v) is 3.07. The normalized spacial score (nSPS) is 12.6. The van der Waals surface area contributed by atoms with Crippen molar-refractivity contribution in [1.82, 2.24) is 10.6 Å². The van der Waals surface area contributed by atoms with Crippen LogP contribution in [0, 0.1) is 0 Å². The van der Waals surface area contributed by atoms with Crippen molar-refractivity contribution in [3.8, 4) is 0 Å². The Morgan fingerprint density at radius 2 is 1.62 bits per heavy atom. The SMILES string of the molecule is C[C@H](NC(=O)c1ccccc1)C(=O)NC(CO)(CO)CO. The second-order valence-corrected chi connectivity index (χ2v) is 4.81. The van der Waals surface area contributed by atoms with E-state index in [0.717, 1.165) is 0 Å². The van der Waals surface area contributed by atoms with Gasteiger partial charge in [-0.15, -0.1) is 0 Å². The zero-order chi connectivity index (χ0) is 15.9. The Bertz CT molecular complexity index is 465. The Balaban J connectivity index is 2.65. The zero-order valence-corrected chi connectivity index (χ0v) is 11.7. The smallest absolute Gasteiger partial charge is 0.251 e. The second kappa shape index (κ2) is 7.72. The average molecular weight is 296 g/mol. The van der Waals surface area contributed by atoms with Gasteiger partial charge < -0.3 is 26.0 Å². The lowest BCUT2D eigenvalue weighted by atomic mass is 10.0. The summed E-state index contributed by atoms with van der Waals surface area (Å²) >= 11 is 0. The van der Waals surface area contributed by atoms with E-state index in [4.69, 9.17) is 15.3 Å². The van der Waals surface area contributed by atoms with Crippen molar-refractivity contribution in [1.29, 1.82) is 0 Å². The third-order valence-electron chi connectivity index (χ3n) is 3.07. The molecule has 0 aliphatic heterocycles. The molecular formula is C14H20N2O5. The fourth-order valence-electron chi connectivity index (χ4n) is 1.57. The van der Waals surface area contributed by atoms with Gasteiger partial charge in [0.2, 0.25) is 5.91 Å². The van der Waals surface area contributed by atoms with Gasteiger partial charge in [0.05, 0.1) is 19.8 Å². The number of hydrogen-bond acceptors (Lipinski definition) is 5. The molecule has 0 saturated heterocycles. The third kappa shape index (κ3) is 4.52. The number of amides is 2. The lowest BCUT2D eigenvalue weighted by Gasteiger charge is -2.30. The maximum Gasteiger partial charge on any atom is 0.251 e. The predicted molar refractivity (Wildman–Crippen MR) is 75.5 cm³/mol. The first-order valence-electron chi connectivity index (χ1n) is 6.48. The first-order valence-corrected chi connectivity index (χ1v) is 6.48. The molecule has 0 aliphatic rings. The highest BCUT2D eigenvalue weighted by Crippen LogP contribution is 2.03. The summed E-state index contributed by atoms with van der Waals surface area (Å²) in [6.45, 7) is -0.395. The van der Waals surface area contributed by atoms with Crippen LogP contribution < -0.4 is 10.6 Å². The number of benzene rings is 1. The van der Waals surface area contributed by atoms with Gasteiger partial charge in [-0.3, -0.25) is 9.59 Å². The van der Waals surface area contributed by atoms with E-state index in [9.17, 15) is 9.59 Å². The minimum atomic E-state index is -1.51. The number of nitrogens with one attached hydrogen (secondary N) is 2. The summed E-state index contributed by atoms with van der Waals surface area (Å²) in [4.78, 5) is 23.8. The summed E-state index contributed by atoms with van der Waals surface area (Å²) in [7, 11) is 0. The van der Waals surface area contributed by atoms with Crippen LogP contribution in [0.4, 0.5) is 0 Å². The van der Waals surface area contributed by atoms with Crippen molar-refractivity contribution in [2.75, 3.05) is 19.8 Å². The largest absolute Gasteiger partial charge is 0.394 e. The molecule has 0 fully saturated rings. The Morgan fingerprint density at radius 3 is 2.10 bits per heavy atom. The van der Waals surface area contributed by atoms with Crippen molar-refractivity contribution in [3.63, 3.8) is 0 Å². The molecule has 1 aromatic rings. The van der Waals surface area contributed by atoms with E-state index in [2.05, 4.69) is 10.6 Å². The Morgan fingerprint density at radius 1 is 1.10 bits per heavy atom. The summed E-state index contributed by atoms with van der Waals surface area (Å²) in [5, 5.41) is 32.3. The highest BCUT2D eigenvalue weighted by molar-refractivity contribution is 5.97. The molecule has 116 valence electrons. The quantitative estimate of drug-likeness (QED) is 0.426. The Labute approximate surface area is 122 Å². The van der Waals surface area contributed by atoms with Gasteiger partial charge in [-0.2, -0.15) is 0 Å². The van der Waals surface area contributed by atoms with Gasteiger partial charge in [-0.05, 0) is 19.1 Å². The van der Waals surface area contributed by atoms with Crippen LogP contribution in [-0.2, 0) is 4.79 Å². The summed E-state index contributed by atoms with van der Waals surface area (Å²) in [5.41, 5.74) is -1.10. The highest BCUT2D eigenvalue weighted by atomic mass is 16.3. The molecule has 0 heterocycles. The number of carbonyl (C=O) groups excluding carboxylic acids is 2. The minimum Gasteiger partial charge on any atom is -0.394 e. The molecule has 5 N–H and O–H groups in total. The molecule has 7 nitrogen and oxygen atoms in total. The lowest BCUT2D eigenvalue weighted by molar-refractivity contribution is -0.126. The fourth-order valence-corrected chi connectivity index (χ4v) is 1.57. The van der Waals surface area contributed by atoms with Crippen LogP contribution in [0.2, 0.25) is 0 Å². The maximum absolute atomic E-state index is 11.9. The van der Waals surface area contributed by atoms with Crippen LogP contribution >= 0.6 is 0 Å². The molecule has 0 aliphatic carbocycles. The van der Waals surface area contributed by atoms with E-state index in [1.165, 1.54) is 6.92 Å². The van der Waals surface area contributed by atoms with E-state index in [-0.39, 0.29) is 0 Å². The summed E-state index contributed by atoms with van der Waals surface area (Å²) in [6.07, 6.45) is 0. The van der Waals surface area contributed by atoms with Crippen molar-refractivity contribution in [3.05, 3.63) is 35.9 Å². The van der Waals surface area contributed by atoms with Gasteiger partial charge in [-0.1, -0.05) is 18.2 Å². The lowest BCUT2D eigenvalue weighted by Crippen LogP contribution is -2.60. The van der Waals surface area contributed by atoms with Gasteiger partial charge in [0.25, 0.3) is 5.91 Å². The fraction of sp³-hybridized carbons (Fsp3) is 0.429. The molecule has 1 aromatic carbocycles. The number of hydrogen-bond donors (Lipinski definition) is 5. The van der Waals surface area contributed by atoms with Crippen LogP contribution in [0.1, 0.15) is 17.3 Å². The average Bonchev–Trinajstić information content (AvgIpc) is 2.53. The molecule has 21 heavy (non-hydrogen) atoms. The first kappa shape index (κ1) is 17.1. The van der Waals surface area contributed by atoms with E-state index in [0.29, 0.717) is 5.56 Å².